The van der Waals surface area contributed by atoms with Crippen molar-refractivity contribution in [3.63, 3.8) is 0 Å². The summed E-state index contributed by atoms with van der Waals surface area (Å²) in [6.45, 7) is 8.87. The molecular weight excluding hydrogens is 483 g/mol. The summed E-state index contributed by atoms with van der Waals surface area (Å²) in [5, 5.41) is 6.83. The van der Waals surface area contributed by atoms with Crippen molar-refractivity contribution in [3.05, 3.63) is 0 Å². The number of rotatable bonds is 10. The van der Waals surface area contributed by atoms with Crippen LogP contribution in [0.25, 0.3) is 0 Å². The zero-order valence-electron chi connectivity index (χ0n) is 18.5. The molecular formula is C21H41IN4O3. The summed E-state index contributed by atoms with van der Waals surface area (Å²) < 4.78 is 11.1. The topological polar surface area (TPSA) is 75.2 Å². The van der Waals surface area contributed by atoms with E-state index in [0.29, 0.717) is 18.6 Å². The fraction of sp³-hybridized carbons (Fsp3) is 0.905. The molecule has 0 spiro atoms. The first kappa shape index (κ1) is 26.4. The Balaban J connectivity index is 0.00000420. The lowest BCUT2D eigenvalue weighted by atomic mass is 10.1. The molecule has 0 amide bonds. The van der Waals surface area contributed by atoms with Crippen molar-refractivity contribution in [1.29, 1.82) is 0 Å². The number of aliphatic imine (C=N–C) groups is 1. The molecule has 1 aliphatic carbocycles. The van der Waals surface area contributed by atoms with Crippen LogP contribution in [0, 0.1) is 0 Å². The second-order valence-electron chi connectivity index (χ2n) is 8.18. The van der Waals surface area contributed by atoms with Crippen LogP contribution in [-0.4, -0.2) is 74.9 Å². The second-order valence-corrected chi connectivity index (χ2v) is 8.18. The number of nitrogens with zero attached hydrogens (tertiary/aromatic N) is 2. The van der Waals surface area contributed by atoms with Crippen LogP contribution in [0.1, 0.15) is 65.2 Å². The Morgan fingerprint density at radius 3 is 2.48 bits per heavy atom. The molecule has 29 heavy (non-hydrogen) atoms. The molecule has 0 radical (unpaired) electrons. The second kappa shape index (κ2) is 15.2. The van der Waals surface area contributed by atoms with Crippen molar-refractivity contribution < 1.29 is 14.3 Å². The van der Waals surface area contributed by atoms with E-state index in [-0.39, 0.29) is 36.0 Å². The van der Waals surface area contributed by atoms with Gasteiger partial charge >= 0.3 is 5.97 Å². The number of likely N-dealkylation sites (tertiary alicyclic amines) is 1. The van der Waals surface area contributed by atoms with E-state index in [1.54, 1.807) is 7.05 Å². The minimum atomic E-state index is -0.0644. The standard InChI is InChI=1S/C21H40N4O3.HI/c1-17(2)27-16-15-25-13-10-18(11-14-25)24-21(22-3)23-12-6-9-20(26)28-19-7-4-5-8-19;/h17-19H,4-16H2,1-3H3,(H2,22,23,24);1H. The van der Waals surface area contributed by atoms with Crippen LogP contribution in [0.3, 0.4) is 0 Å². The number of piperidine rings is 1. The molecule has 2 aliphatic rings. The molecule has 2 fully saturated rings. The van der Waals surface area contributed by atoms with Crippen LogP contribution in [0.15, 0.2) is 4.99 Å². The van der Waals surface area contributed by atoms with Gasteiger partial charge in [0.2, 0.25) is 0 Å². The Hall–Kier alpha value is -0.610. The smallest absolute Gasteiger partial charge is 0.306 e. The summed E-state index contributed by atoms with van der Waals surface area (Å²) in [6.07, 6.45) is 8.35. The molecule has 1 aliphatic heterocycles. The summed E-state index contributed by atoms with van der Waals surface area (Å²) in [6, 6.07) is 0.445. The first-order valence-electron chi connectivity index (χ1n) is 11.1. The van der Waals surface area contributed by atoms with Crippen molar-refractivity contribution >= 4 is 35.9 Å². The molecule has 0 bridgehead atoms. The molecule has 170 valence electrons. The summed E-state index contributed by atoms with van der Waals surface area (Å²) >= 11 is 0. The first-order valence-corrected chi connectivity index (χ1v) is 11.1. The summed E-state index contributed by atoms with van der Waals surface area (Å²) in [7, 11) is 1.79. The maximum atomic E-state index is 11.9. The van der Waals surface area contributed by atoms with E-state index in [2.05, 4.69) is 34.4 Å². The van der Waals surface area contributed by atoms with E-state index in [4.69, 9.17) is 9.47 Å². The predicted molar refractivity (Wildman–Crippen MR) is 128 cm³/mol. The molecule has 1 heterocycles. The van der Waals surface area contributed by atoms with Crippen LogP contribution < -0.4 is 10.6 Å². The van der Waals surface area contributed by atoms with Crippen molar-refractivity contribution in [2.75, 3.05) is 39.8 Å². The van der Waals surface area contributed by atoms with Crippen molar-refractivity contribution in [2.24, 2.45) is 4.99 Å². The number of hydrogen-bond donors (Lipinski definition) is 2. The third-order valence-corrected chi connectivity index (χ3v) is 5.46. The molecule has 1 saturated carbocycles. The highest BCUT2D eigenvalue weighted by Gasteiger charge is 2.20. The van der Waals surface area contributed by atoms with E-state index >= 15 is 0 Å². The van der Waals surface area contributed by atoms with Crippen LogP contribution in [-0.2, 0) is 14.3 Å². The summed E-state index contributed by atoms with van der Waals surface area (Å²) in [5.74, 6) is 0.760. The Kier molecular flexibility index (Phi) is 13.9. The van der Waals surface area contributed by atoms with E-state index < -0.39 is 0 Å². The number of halogens is 1. The molecule has 0 aromatic carbocycles. The SMILES string of the molecule is CN=C(NCCCC(=O)OC1CCCC1)NC1CCN(CCOC(C)C)CC1.I. The van der Waals surface area contributed by atoms with Crippen molar-refractivity contribution in [2.45, 2.75) is 83.5 Å². The molecule has 0 aromatic heterocycles. The van der Waals surface area contributed by atoms with E-state index in [9.17, 15) is 4.79 Å². The van der Waals surface area contributed by atoms with Gasteiger partial charge in [0.15, 0.2) is 5.96 Å². The lowest BCUT2D eigenvalue weighted by molar-refractivity contribution is -0.148. The van der Waals surface area contributed by atoms with Crippen molar-refractivity contribution in [1.82, 2.24) is 15.5 Å². The van der Waals surface area contributed by atoms with Crippen LogP contribution in [0.4, 0.5) is 0 Å². The molecule has 0 atom stereocenters. The molecule has 2 rings (SSSR count). The van der Waals surface area contributed by atoms with Crippen LogP contribution in [0.5, 0.6) is 0 Å². The maximum absolute atomic E-state index is 11.9. The minimum absolute atomic E-state index is 0. The Labute approximate surface area is 193 Å². The van der Waals surface area contributed by atoms with Gasteiger partial charge in [0.25, 0.3) is 0 Å². The van der Waals surface area contributed by atoms with Crippen molar-refractivity contribution in [3.8, 4) is 0 Å². The predicted octanol–water partition coefficient (Wildman–Crippen LogP) is 2.92. The monoisotopic (exact) mass is 524 g/mol. The normalized spacial score (nSPS) is 19.2. The molecule has 0 unspecified atom stereocenters. The van der Waals surface area contributed by atoms with Gasteiger partial charge in [0.1, 0.15) is 6.10 Å². The number of ether oxygens (including phenoxy) is 2. The van der Waals surface area contributed by atoms with Crippen LogP contribution in [0.2, 0.25) is 0 Å². The highest BCUT2D eigenvalue weighted by atomic mass is 127. The van der Waals surface area contributed by atoms with E-state index in [0.717, 1.165) is 70.8 Å². The van der Waals surface area contributed by atoms with Gasteiger partial charge in [0, 0.05) is 45.7 Å². The van der Waals surface area contributed by atoms with E-state index in [1.165, 1.54) is 12.8 Å². The molecule has 8 heteroatoms. The van der Waals surface area contributed by atoms with Gasteiger partial charge in [-0.1, -0.05) is 0 Å². The number of guanidine groups is 1. The zero-order chi connectivity index (χ0) is 20.2. The molecule has 2 N–H and O–H groups in total. The average molecular weight is 524 g/mol. The quantitative estimate of drug-likeness (QED) is 0.151. The lowest BCUT2D eigenvalue weighted by Crippen LogP contribution is -2.49. The maximum Gasteiger partial charge on any atom is 0.306 e. The van der Waals surface area contributed by atoms with Crippen LogP contribution >= 0.6 is 24.0 Å². The number of carbonyl (C=O) groups is 1. The number of esters is 1. The Morgan fingerprint density at radius 2 is 1.86 bits per heavy atom. The van der Waals surface area contributed by atoms with Gasteiger partial charge in [-0.15, -0.1) is 24.0 Å². The molecule has 7 nitrogen and oxygen atoms in total. The minimum Gasteiger partial charge on any atom is -0.462 e. The fourth-order valence-corrected chi connectivity index (χ4v) is 3.80. The fourth-order valence-electron chi connectivity index (χ4n) is 3.80. The third-order valence-electron chi connectivity index (χ3n) is 5.46. The largest absolute Gasteiger partial charge is 0.462 e. The zero-order valence-corrected chi connectivity index (χ0v) is 20.8. The third kappa shape index (κ3) is 11.4. The number of carbonyl (C=O) groups excluding carboxylic acids is 1. The highest BCUT2D eigenvalue weighted by molar-refractivity contribution is 14.0. The van der Waals surface area contributed by atoms with Gasteiger partial charge in [0.05, 0.1) is 12.7 Å². The number of hydrogen-bond acceptors (Lipinski definition) is 5. The molecule has 1 saturated heterocycles. The summed E-state index contributed by atoms with van der Waals surface area (Å²) in [5.41, 5.74) is 0. The van der Waals surface area contributed by atoms with Gasteiger partial charge in [-0.3, -0.25) is 9.79 Å². The van der Waals surface area contributed by atoms with Gasteiger partial charge < -0.3 is 25.0 Å². The number of nitrogens with one attached hydrogen (secondary N) is 2. The first-order chi connectivity index (χ1) is 13.6. The van der Waals surface area contributed by atoms with Gasteiger partial charge in [-0.05, 0) is 58.8 Å². The van der Waals surface area contributed by atoms with E-state index in [1.807, 2.05) is 0 Å². The summed E-state index contributed by atoms with van der Waals surface area (Å²) in [4.78, 5) is 18.6. The lowest BCUT2D eigenvalue weighted by Gasteiger charge is -2.33. The van der Waals surface area contributed by atoms with Gasteiger partial charge in [-0.25, -0.2) is 0 Å². The van der Waals surface area contributed by atoms with Gasteiger partial charge in [-0.2, -0.15) is 0 Å². The molecule has 0 aromatic rings. The Bertz CT molecular complexity index is 477. The Morgan fingerprint density at radius 1 is 1.17 bits per heavy atom. The average Bonchev–Trinajstić information content (AvgIpc) is 3.18. The highest BCUT2D eigenvalue weighted by Crippen LogP contribution is 2.21.